The number of hydrogen-bond donors (Lipinski definition) is 0. The molecule has 0 spiro atoms. The second-order valence-electron chi connectivity index (χ2n) is 8.09. The Hall–Kier alpha value is -0.0400. The van der Waals surface area contributed by atoms with Gasteiger partial charge in [0, 0.05) is 6.61 Å². The maximum atomic E-state index is 5.98. The van der Waals surface area contributed by atoms with Gasteiger partial charge in [0.25, 0.3) is 0 Å². The largest absolute Gasteiger partial charge is 0.378 e. The van der Waals surface area contributed by atoms with Gasteiger partial charge in [-0.1, -0.05) is 103 Å². The lowest BCUT2D eigenvalue weighted by Gasteiger charge is -2.21. The summed E-state index contributed by atoms with van der Waals surface area (Å²) in [6, 6.07) is 0. The van der Waals surface area contributed by atoms with Gasteiger partial charge < -0.3 is 4.74 Å². The molecule has 0 aliphatic heterocycles. The van der Waals surface area contributed by atoms with Gasteiger partial charge in [0.2, 0.25) is 0 Å². The van der Waals surface area contributed by atoms with Crippen molar-refractivity contribution < 1.29 is 4.74 Å². The minimum Gasteiger partial charge on any atom is -0.378 e. The van der Waals surface area contributed by atoms with Crippen LogP contribution in [0.5, 0.6) is 0 Å². The molecule has 0 aromatic rings. The third-order valence-corrected chi connectivity index (χ3v) is 5.63. The van der Waals surface area contributed by atoms with Crippen molar-refractivity contribution >= 4 is 0 Å². The summed E-state index contributed by atoms with van der Waals surface area (Å²) in [7, 11) is 0. The van der Waals surface area contributed by atoms with Crippen LogP contribution in [0.2, 0.25) is 0 Å². The number of hydrogen-bond acceptors (Lipinski definition) is 1. The lowest BCUT2D eigenvalue weighted by atomic mass is 9.98. The number of rotatable bonds is 18. The molecule has 1 nitrogen and oxygen atoms in total. The molecule has 1 fully saturated rings. The lowest BCUT2D eigenvalue weighted by molar-refractivity contribution is 0.0326. The molecule has 0 amide bonds. The molecule has 0 aromatic carbocycles. The summed E-state index contributed by atoms with van der Waals surface area (Å²) in [6.45, 7) is 4.90. The molecule has 1 aliphatic rings. The average molecular weight is 351 g/mol. The predicted octanol–water partition coefficient (Wildman–Crippen LogP) is 8.23. The molecule has 25 heavy (non-hydrogen) atoms. The number of ether oxygens (including phenoxy) is 1. The van der Waals surface area contributed by atoms with E-state index in [1.807, 2.05) is 0 Å². The van der Waals surface area contributed by atoms with Crippen molar-refractivity contribution in [2.45, 2.75) is 135 Å². The van der Waals surface area contributed by atoms with Gasteiger partial charge >= 0.3 is 0 Å². The maximum absolute atomic E-state index is 5.98. The molecule has 1 rings (SSSR count). The summed E-state index contributed by atoms with van der Waals surface area (Å²) in [6.07, 6.45) is 30.5. The Balaban J connectivity index is 1.65. The smallest absolute Gasteiger partial charge is 0.0575 e. The molecular weight excluding hydrogens is 304 g/mol. The van der Waals surface area contributed by atoms with Gasteiger partial charge in [-0.3, -0.25) is 0 Å². The zero-order valence-electron chi connectivity index (χ0n) is 17.1. The van der Waals surface area contributed by atoms with Crippen molar-refractivity contribution in [3.05, 3.63) is 13.3 Å². The third kappa shape index (κ3) is 15.9. The molecule has 0 unspecified atom stereocenters. The molecule has 148 valence electrons. The standard InChI is InChI=1S/C24H46O/c1-2-3-4-5-6-7-8-9-10-11-12-13-14-15-16-20-23-25-24-21-18-17-19-22-24/h17,24H,1-16,18-23H2. The van der Waals surface area contributed by atoms with Crippen LogP contribution in [0, 0.1) is 13.3 Å². The molecule has 2 radical (unpaired) electrons. The van der Waals surface area contributed by atoms with E-state index in [-0.39, 0.29) is 0 Å². The molecule has 0 heterocycles. The van der Waals surface area contributed by atoms with Crippen molar-refractivity contribution in [2.75, 3.05) is 6.61 Å². The van der Waals surface area contributed by atoms with E-state index >= 15 is 0 Å². The highest BCUT2D eigenvalue weighted by atomic mass is 16.5. The van der Waals surface area contributed by atoms with Crippen molar-refractivity contribution in [2.24, 2.45) is 0 Å². The van der Waals surface area contributed by atoms with E-state index in [1.54, 1.807) is 0 Å². The molecule has 0 N–H and O–H groups in total. The van der Waals surface area contributed by atoms with Crippen molar-refractivity contribution in [1.29, 1.82) is 0 Å². The Bertz CT molecular complexity index is 244. The minimum atomic E-state index is 0.568. The molecule has 0 bridgehead atoms. The van der Waals surface area contributed by atoms with Crippen LogP contribution < -0.4 is 0 Å². The highest BCUT2D eigenvalue weighted by molar-refractivity contribution is 4.76. The van der Waals surface area contributed by atoms with Gasteiger partial charge in [-0.25, -0.2) is 0 Å². The fourth-order valence-corrected chi connectivity index (χ4v) is 3.89. The Morgan fingerprint density at radius 2 is 1.00 bits per heavy atom. The highest BCUT2D eigenvalue weighted by Gasteiger charge is 2.12. The van der Waals surface area contributed by atoms with Gasteiger partial charge in [-0.15, -0.1) is 0 Å². The molecule has 0 atom stereocenters. The predicted molar refractivity (Wildman–Crippen MR) is 112 cm³/mol. The van der Waals surface area contributed by atoms with Crippen LogP contribution in [0.1, 0.15) is 128 Å². The fourth-order valence-electron chi connectivity index (χ4n) is 3.89. The van der Waals surface area contributed by atoms with Crippen LogP contribution >= 0.6 is 0 Å². The quantitative estimate of drug-likeness (QED) is 0.226. The third-order valence-electron chi connectivity index (χ3n) is 5.63. The van der Waals surface area contributed by atoms with Gasteiger partial charge in [-0.05, 0) is 38.5 Å². The average Bonchev–Trinajstić information content (AvgIpc) is 2.65. The molecule has 1 aliphatic carbocycles. The van der Waals surface area contributed by atoms with Gasteiger partial charge in [0.05, 0.1) is 6.10 Å². The molecule has 1 saturated carbocycles. The summed E-state index contributed by atoms with van der Waals surface area (Å²) in [4.78, 5) is 0. The monoisotopic (exact) mass is 350 g/mol. The molecule has 0 saturated heterocycles. The first-order valence-electron chi connectivity index (χ1n) is 11.7. The van der Waals surface area contributed by atoms with Crippen LogP contribution in [0.3, 0.4) is 0 Å². The highest BCUT2D eigenvalue weighted by Crippen LogP contribution is 2.20. The van der Waals surface area contributed by atoms with Crippen molar-refractivity contribution in [1.82, 2.24) is 0 Å². The van der Waals surface area contributed by atoms with Crippen LogP contribution in [0.25, 0.3) is 0 Å². The van der Waals surface area contributed by atoms with E-state index in [1.165, 1.54) is 122 Å². The normalized spacial score (nSPS) is 15.7. The first kappa shape index (κ1) is 23.0. The minimum absolute atomic E-state index is 0.568. The van der Waals surface area contributed by atoms with E-state index < -0.39 is 0 Å². The summed E-state index contributed by atoms with van der Waals surface area (Å²) in [5.74, 6) is 0. The van der Waals surface area contributed by atoms with Crippen molar-refractivity contribution in [3.8, 4) is 0 Å². The number of unbranched alkanes of at least 4 members (excludes halogenated alkanes) is 15. The van der Waals surface area contributed by atoms with E-state index in [4.69, 9.17) is 4.74 Å². The molecule has 0 aromatic heterocycles. The van der Waals surface area contributed by atoms with Crippen LogP contribution in [-0.2, 0) is 4.74 Å². The van der Waals surface area contributed by atoms with E-state index in [0.29, 0.717) is 6.10 Å². The first-order chi connectivity index (χ1) is 12.4. The summed E-state index contributed by atoms with van der Waals surface area (Å²) in [5, 5.41) is 0. The van der Waals surface area contributed by atoms with Gasteiger partial charge in [0.15, 0.2) is 0 Å². The van der Waals surface area contributed by atoms with Crippen LogP contribution in [-0.4, -0.2) is 12.7 Å². The summed E-state index contributed by atoms with van der Waals surface area (Å²) in [5.41, 5.74) is 0. The second-order valence-corrected chi connectivity index (χ2v) is 8.09. The van der Waals surface area contributed by atoms with Gasteiger partial charge in [-0.2, -0.15) is 0 Å². The molecule has 1 heteroatoms. The zero-order valence-corrected chi connectivity index (χ0v) is 17.1. The SMILES string of the molecule is [CH2]CCCCCCCCCCCCCCCCCOC1CC[CH]CC1. The summed E-state index contributed by atoms with van der Waals surface area (Å²) < 4.78 is 5.98. The Morgan fingerprint density at radius 3 is 1.44 bits per heavy atom. The molecular formula is C24H46O. The van der Waals surface area contributed by atoms with E-state index in [9.17, 15) is 0 Å². The van der Waals surface area contributed by atoms with E-state index in [0.717, 1.165) is 13.0 Å². The first-order valence-corrected chi connectivity index (χ1v) is 11.7. The van der Waals surface area contributed by atoms with Crippen molar-refractivity contribution in [3.63, 3.8) is 0 Å². The maximum Gasteiger partial charge on any atom is 0.0575 e. The Morgan fingerprint density at radius 1 is 0.600 bits per heavy atom. The zero-order chi connectivity index (χ0) is 17.8. The topological polar surface area (TPSA) is 9.23 Å². The second kappa shape index (κ2) is 18.7. The Labute approximate surface area is 159 Å². The summed E-state index contributed by atoms with van der Waals surface area (Å²) >= 11 is 0. The Kier molecular flexibility index (Phi) is 17.2. The van der Waals surface area contributed by atoms with E-state index in [2.05, 4.69) is 13.3 Å². The van der Waals surface area contributed by atoms with Crippen LogP contribution in [0.15, 0.2) is 0 Å². The fraction of sp³-hybridized carbons (Fsp3) is 0.917. The lowest BCUT2D eigenvalue weighted by Crippen LogP contribution is -2.17. The van der Waals surface area contributed by atoms with Gasteiger partial charge in [0.1, 0.15) is 0 Å². The van der Waals surface area contributed by atoms with Crippen LogP contribution in [0.4, 0.5) is 0 Å².